The predicted octanol–water partition coefficient (Wildman–Crippen LogP) is 1.38. The number of carbonyl (C=O) groups is 1. The van der Waals surface area contributed by atoms with Crippen molar-refractivity contribution in [3.63, 3.8) is 0 Å². The van der Waals surface area contributed by atoms with Crippen molar-refractivity contribution in [2.24, 2.45) is 11.8 Å². The lowest BCUT2D eigenvalue weighted by Gasteiger charge is -2.12. The molecule has 0 aliphatic rings. The average molecular weight is 143 g/mol. The summed E-state index contributed by atoms with van der Waals surface area (Å²) in [4.78, 5) is 10.4. The van der Waals surface area contributed by atoms with E-state index in [2.05, 4.69) is 0 Å². The van der Waals surface area contributed by atoms with Crippen molar-refractivity contribution in [1.29, 1.82) is 5.41 Å². The van der Waals surface area contributed by atoms with Gasteiger partial charge in [0, 0.05) is 5.92 Å². The molecule has 0 saturated carbocycles. The van der Waals surface area contributed by atoms with E-state index in [1.807, 2.05) is 6.92 Å². The second kappa shape index (κ2) is 4.04. The smallest absolute Gasteiger partial charge is 0.307 e. The summed E-state index contributed by atoms with van der Waals surface area (Å²) in [6.45, 7) is 3.56. The van der Waals surface area contributed by atoms with Crippen LogP contribution in [0.5, 0.6) is 0 Å². The van der Waals surface area contributed by atoms with Gasteiger partial charge in [-0.2, -0.15) is 0 Å². The molecule has 0 aliphatic carbocycles. The fourth-order valence-electron chi connectivity index (χ4n) is 0.887. The van der Waals surface area contributed by atoms with Crippen LogP contribution in [0.2, 0.25) is 0 Å². The highest BCUT2D eigenvalue weighted by Crippen LogP contribution is 2.12. The molecule has 0 amide bonds. The summed E-state index contributed by atoms with van der Waals surface area (Å²) in [6.07, 6.45) is 1.77. The third-order valence-corrected chi connectivity index (χ3v) is 1.65. The summed E-state index contributed by atoms with van der Waals surface area (Å²) < 4.78 is 0. The summed E-state index contributed by atoms with van der Waals surface area (Å²) in [5, 5.41) is 15.4. The van der Waals surface area contributed by atoms with Crippen LogP contribution in [0.3, 0.4) is 0 Å². The third kappa shape index (κ3) is 2.17. The second-order valence-electron chi connectivity index (χ2n) is 2.38. The van der Waals surface area contributed by atoms with Crippen LogP contribution in [-0.2, 0) is 4.79 Å². The number of rotatable bonds is 4. The Labute approximate surface area is 60.6 Å². The molecule has 0 radical (unpaired) electrons. The van der Waals surface area contributed by atoms with Gasteiger partial charge in [0.1, 0.15) is 0 Å². The zero-order chi connectivity index (χ0) is 8.15. The average Bonchev–Trinajstić information content (AvgIpc) is 1.88. The molecular weight excluding hydrogens is 130 g/mol. The minimum absolute atomic E-state index is 0.150. The molecule has 0 spiro atoms. The van der Waals surface area contributed by atoms with Gasteiger partial charge in [-0.25, -0.2) is 0 Å². The van der Waals surface area contributed by atoms with Gasteiger partial charge in [-0.3, -0.25) is 4.79 Å². The quantitative estimate of drug-likeness (QED) is 0.584. The van der Waals surface area contributed by atoms with Crippen molar-refractivity contribution in [3.8, 4) is 0 Å². The first kappa shape index (κ1) is 9.14. The fourth-order valence-corrected chi connectivity index (χ4v) is 0.887. The van der Waals surface area contributed by atoms with Crippen LogP contribution in [-0.4, -0.2) is 17.3 Å². The summed E-state index contributed by atoms with van der Waals surface area (Å²) in [5.74, 6) is -1.35. The predicted molar refractivity (Wildman–Crippen MR) is 39.4 cm³/mol. The normalized spacial score (nSPS) is 15.8. The van der Waals surface area contributed by atoms with E-state index >= 15 is 0 Å². The SMILES string of the molecule is CCC(C(=O)O)C(C)C=N. The maximum atomic E-state index is 10.4. The van der Waals surface area contributed by atoms with Gasteiger partial charge in [0.2, 0.25) is 0 Å². The minimum Gasteiger partial charge on any atom is -0.481 e. The zero-order valence-corrected chi connectivity index (χ0v) is 6.29. The monoisotopic (exact) mass is 143 g/mol. The number of hydrogen-bond donors (Lipinski definition) is 2. The van der Waals surface area contributed by atoms with Crippen LogP contribution >= 0.6 is 0 Å². The summed E-state index contributed by atoms with van der Waals surface area (Å²) >= 11 is 0. The Kier molecular flexibility index (Phi) is 3.69. The van der Waals surface area contributed by atoms with Crippen LogP contribution in [0.15, 0.2) is 0 Å². The van der Waals surface area contributed by atoms with Gasteiger partial charge in [-0.05, 0) is 12.6 Å². The maximum absolute atomic E-state index is 10.4. The highest BCUT2D eigenvalue weighted by molar-refractivity contribution is 5.75. The van der Waals surface area contributed by atoms with Crippen molar-refractivity contribution in [2.75, 3.05) is 0 Å². The standard InChI is InChI=1S/C7H13NO2/c1-3-6(7(9)10)5(2)4-8/h4-6,8H,3H2,1-2H3,(H,9,10). The molecule has 2 atom stereocenters. The number of carboxylic acids is 1. The van der Waals surface area contributed by atoms with Gasteiger partial charge in [0.15, 0.2) is 0 Å². The van der Waals surface area contributed by atoms with Crippen molar-refractivity contribution in [1.82, 2.24) is 0 Å². The lowest BCUT2D eigenvalue weighted by atomic mass is 9.93. The second-order valence-corrected chi connectivity index (χ2v) is 2.38. The van der Waals surface area contributed by atoms with E-state index in [0.717, 1.165) is 0 Å². The first-order chi connectivity index (χ1) is 4.63. The van der Waals surface area contributed by atoms with Crippen LogP contribution in [0.25, 0.3) is 0 Å². The van der Waals surface area contributed by atoms with E-state index in [9.17, 15) is 4.79 Å². The Morgan fingerprint density at radius 1 is 1.80 bits per heavy atom. The summed E-state index contributed by atoms with van der Waals surface area (Å²) in [6, 6.07) is 0. The molecule has 58 valence electrons. The lowest BCUT2D eigenvalue weighted by molar-refractivity contribution is -0.142. The highest BCUT2D eigenvalue weighted by atomic mass is 16.4. The highest BCUT2D eigenvalue weighted by Gasteiger charge is 2.20. The molecular formula is C7H13NO2. The minimum atomic E-state index is -0.807. The van der Waals surface area contributed by atoms with E-state index in [1.54, 1.807) is 6.92 Å². The van der Waals surface area contributed by atoms with Gasteiger partial charge in [0.05, 0.1) is 5.92 Å². The Morgan fingerprint density at radius 3 is 2.40 bits per heavy atom. The molecule has 0 aromatic heterocycles. The molecule has 2 N–H and O–H groups in total. The largest absolute Gasteiger partial charge is 0.481 e. The van der Waals surface area contributed by atoms with Crippen LogP contribution in [0.1, 0.15) is 20.3 Å². The fraction of sp³-hybridized carbons (Fsp3) is 0.714. The van der Waals surface area contributed by atoms with Gasteiger partial charge in [-0.15, -0.1) is 0 Å². The Balaban J connectivity index is 4.05. The molecule has 2 unspecified atom stereocenters. The molecule has 0 heterocycles. The lowest BCUT2D eigenvalue weighted by Crippen LogP contribution is -2.21. The van der Waals surface area contributed by atoms with Crippen LogP contribution < -0.4 is 0 Å². The molecule has 10 heavy (non-hydrogen) atoms. The first-order valence-electron chi connectivity index (χ1n) is 3.36. The number of hydrogen-bond acceptors (Lipinski definition) is 2. The number of aliphatic carboxylic acids is 1. The number of carboxylic acid groups (broad SMARTS) is 1. The number of nitrogens with one attached hydrogen (secondary N) is 1. The van der Waals surface area contributed by atoms with Gasteiger partial charge in [-0.1, -0.05) is 13.8 Å². The Hall–Kier alpha value is -0.860. The zero-order valence-electron chi connectivity index (χ0n) is 6.29. The topological polar surface area (TPSA) is 61.1 Å². The summed E-state index contributed by atoms with van der Waals surface area (Å²) in [5.41, 5.74) is 0. The Morgan fingerprint density at radius 2 is 2.30 bits per heavy atom. The van der Waals surface area contributed by atoms with Gasteiger partial charge < -0.3 is 10.5 Å². The molecule has 0 aromatic carbocycles. The molecule has 0 aromatic rings. The van der Waals surface area contributed by atoms with Crippen LogP contribution in [0, 0.1) is 17.2 Å². The molecule has 0 fully saturated rings. The van der Waals surface area contributed by atoms with E-state index < -0.39 is 11.9 Å². The van der Waals surface area contributed by atoms with E-state index in [-0.39, 0.29) is 5.92 Å². The van der Waals surface area contributed by atoms with Gasteiger partial charge in [0.25, 0.3) is 0 Å². The maximum Gasteiger partial charge on any atom is 0.307 e. The third-order valence-electron chi connectivity index (χ3n) is 1.65. The van der Waals surface area contributed by atoms with Gasteiger partial charge >= 0.3 is 5.97 Å². The van der Waals surface area contributed by atoms with Crippen LogP contribution in [0.4, 0.5) is 0 Å². The molecule has 0 bridgehead atoms. The molecule has 3 nitrogen and oxygen atoms in total. The van der Waals surface area contributed by atoms with E-state index in [4.69, 9.17) is 10.5 Å². The molecule has 0 saturated heterocycles. The molecule has 3 heteroatoms. The molecule has 0 rings (SSSR count). The van der Waals surface area contributed by atoms with Crippen molar-refractivity contribution < 1.29 is 9.90 Å². The molecule has 0 aliphatic heterocycles. The first-order valence-corrected chi connectivity index (χ1v) is 3.36. The van der Waals surface area contributed by atoms with E-state index in [0.29, 0.717) is 6.42 Å². The Bertz CT molecular complexity index is 134. The van der Waals surface area contributed by atoms with Crippen molar-refractivity contribution >= 4 is 12.2 Å². The summed E-state index contributed by atoms with van der Waals surface area (Å²) in [7, 11) is 0. The van der Waals surface area contributed by atoms with Crippen molar-refractivity contribution in [2.45, 2.75) is 20.3 Å². The van der Waals surface area contributed by atoms with Crippen molar-refractivity contribution in [3.05, 3.63) is 0 Å². The van der Waals surface area contributed by atoms with E-state index in [1.165, 1.54) is 6.21 Å².